The van der Waals surface area contributed by atoms with E-state index in [1.165, 1.54) is 11.8 Å². The van der Waals surface area contributed by atoms with Crippen LogP contribution in [-0.2, 0) is 4.79 Å². The van der Waals surface area contributed by atoms with E-state index in [1.807, 2.05) is 50.2 Å². The van der Waals surface area contributed by atoms with Gasteiger partial charge in [0.15, 0.2) is 5.16 Å². The second-order valence-corrected chi connectivity index (χ2v) is 7.92. The van der Waals surface area contributed by atoms with Crippen LogP contribution in [0, 0.1) is 0 Å². The van der Waals surface area contributed by atoms with E-state index in [9.17, 15) is 9.59 Å². The number of carbonyl (C=O) groups is 1. The number of nitrogens with one attached hydrogen (secondary N) is 1. The van der Waals surface area contributed by atoms with Gasteiger partial charge in [-0.2, -0.15) is 0 Å². The highest BCUT2D eigenvalue weighted by Crippen LogP contribution is 2.29. The van der Waals surface area contributed by atoms with E-state index in [2.05, 4.69) is 10.3 Å². The molecule has 4 rings (SSSR count). The van der Waals surface area contributed by atoms with Gasteiger partial charge < -0.3 is 14.5 Å². The third kappa shape index (κ3) is 3.66. The Morgan fingerprint density at radius 1 is 1.20 bits per heavy atom. The van der Waals surface area contributed by atoms with Gasteiger partial charge in [0.2, 0.25) is 11.5 Å². The number of nitrogens with zero attached hydrogens (tertiary/aromatic N) is 2. The summed E-state index contributed by atoms with van der Waals surface area (Å²) >= 11 is 1.21. The first-order chi connectivity index (χ1) is 14.5. The van der Waals surface area contributed by atoms with Crippen molar-refractivity contribution in [3.8, 4) is 5.75 Å². The number of furan rings is 1. The van der Waals surface area contributed by atoms with Crippen LogP contribution in [0.3, 0.4) is 0 Å². The van der Waals surface area contributed by atoms with E-state index >= 15 is 0 Å². The number of aromatic nitrogens is 2. The second-order valence-electron chi connectivity index (χ2n) is 6.98. The van der Waals surface area contributed by atoms with Gasteiger partial charge in [-0.05, 0) is 38.1 Å². The standard InChI is InChI=1S/C22H21N3O4S/c1-13(2)25-21(27)20-19(14-8-4-6-10-16(14)29-20)24-22(25)30-12-18(26)23-15-9-5-7-11-17(15)28-3/h4-11,13H,12H2,1-3H3,(H,23,26). The second kappa shape index (κ2) is 8.23. The normalized spacial score (nSPS) is 11.3. The number of ether oxygens (including phenoxy) is 1. The maximum Gasteiger partial charge on any atom is 0.298 e. The summed E-state index contributed by atoms with van der Waals surface area (Å²) in [6, 6.07) is 14.5. The van der Waals surface area contributed by atoms with Gasteiger partial charge in [-0.15, -0.1) is 0 Å². The third-order valence-electron chi connectivity index (χ3n) is 4.63. The van der Waals surface area contributed by atoms with E-state index in [0.29, 0.717) is 27.7 Å². The smallest absolute Gasteiger partial charge is 0.298 e. The SMILES string of the molecule is COc1ccccc1NC(=O)CSc1nc2c(oc3ccccc32)c(=O)n1C(C)C. The average Bonchev–Trinajstić information content (AvgIpc) is 3.11. The summed E-state index contributed by atoms with van der Waals surface area (Å²) in [5.41, 5.74) is 1.70. The molecule has 0 radical (unpaired) electrons. The number of anilines is 1. The lowest BCUT2D eigenvalue weighted by Crippen LogP contribution is -2.25. The zero-order valence-corrected chi connectivity index (χ0v) is 17.7. The molecule has 7 nitrogen and oxygen atoms in total. The van der Waals surface area contributed by atoms with Crippen molar-refractivity contribution >= 4 is 45.4 Å². The maximum atomic E-state index is 13.1. The summed E-state index contributed by atoms with van der Waals surface area (Å²) in [5.74, 6) is 0.462. The zero-order valence-electron chi connectivity index (χ0n) is 16.8. The molecule has 0 aliphatic carbocycles. The largest absolute Gasteiger partial charge is 0.495 e. The fourth-order valence-electron chi connectivity index (χ4n) is 3.26. The lowest BCUT2D eigenvalue weighted by molar-refractivity contribution is -0.113. The number of hydrogen-bond acceptors (Lipinski definition) is 6. The van der Waals surface area contributed by atoms with Crippen LogP contribution in [0.1, 0.15) is 19.9 Å². The molecule has 0 spiro atoms. The van der Waals surface area contributed by atoms with E-state index in [1.54, 1.807) is 23.8 Å². The lowest BCUT2D eigenvalue weighted by Gasteiger charge is -2.15. The fraction of sp³-hybridized carbons (Fsp3) is 0.227. The Morgan fingerprint density at radius 3 is 2.70 bits per heavy atom. The molecular formula is C22H21N3O4S. The number of amides is 1. The Kier molecular flexibility index (Phi) is 5.50. The van der Waals surface area contributed by atoms with E-state index in [4.69, 9.17) is 9.15 Å². The predicted octanol–water partition coefficient (Wildman–Crippen LogP) is 4.46. The molecule has 2 aromatic heterocycles. The molecule has 2 heterocycles. The number of carbonyl (C=O) groups excluding carboxylic acids is 1. The molecule has 0 aliphatic heterocycles. The first-order valence-corrected chi connectivity index (χ1v) is 10.5. The molecule has 0 saturated heterocycles. The average molecular weight is 423 g/mol. The number of benzene rings is 2. The van der Waals surface area contributed by atoms with Gasteiger partial charge in [0.1, 0.15) is 16.8 Å². The van der Waals surface area contributed by atoms with Crippen molar-refractivity contribution in [3.05, 3.63) is 58.9 Å². The van der Waals surface area contributed by atoms with Gasteiger partial charge in [-0.1, -0.05) is 36.0 Å². The molecule has 0 atom stereocenters. The Bertz CT molecular complexity index is 1290. The molecule has 0 aliphatic rings. The molecule has 1 amide bonds. The highest BCUT2D eigenvalue weighted by Gasteiger charge is 2.20. The molecular weight excluding hydrogens is 402 g/mol. The highest BCUT2D eigenvalue weighted by atomic mass is 32.2. The number of para-hydroxylation sites is 3. The van der Waals surface area contributed by atoms with Crippen LogP contribution in [0.2, 0.25) is 0 Å². The van der Waals surface area contributed by atoms with Gasteiger partial charge in [0, 0.05) is 11.4 Å². The first-order valence-electron chi connectivity index (χ1n) is 9.49. The summed E-state index contributed by atoms with van der Waals surface area (Å²) in [5, 5.41) is 4.09. The highest BCUT2D eigenvalue weighted by molar-refractivity contribution is 7.99. The van der Waals surface area contributed by atoms with Crippen LogP contribution >= 0.6 is 11.8 Å². The summed E-state index contributed by atoms with van der Waals surface area (Å²) in [6.45, 7) is 3.80. The van der Waals surface area contributed by atoms with Crippen molar-refractivity contribution in [2.24, 2.45) is 0 Å². The molecule has 0 fully saturated rings. The first kappa shape index (κ1) is 20.0. The maximum absolute atomic E-state index is 13.1. The summed E-state index contributed by atoms with van der Waals surface area (Å²) in [7, 11) is 1.55. The number of methoxy groups -OCH3 is 1. The van der Waals surface area contributed by atoms with Crippen LogP contribution in [0.4, 0.5) is 5.69 Å². The van der Waals surface area contributed by atoms with Crippen LogP contribution < -0.4 is 15.6 Å². The monoisotopic (exact) mass is 423 g/mol. The van der Waals surface area contributed by atoms with Crippen molar-refractivity contribution in [1.29, 1.82) is 0 Å². The number of hydrogen-bond donors (Lipinski definition) is 1. The number of fused-ring (bicyclic) bond motifs is 3. The molecule has 0 unspecified atom stereocenters. The van der Waals surface area contributed by atoms with Crippen LogP contribution in [-0.4, -0.2) is 28.3 Å². The summed E-state index contributed by atoms with van der Waals surface area (Å²) in [4.78, 5) is 30.3. The Hall–Kier alpha value is -3.26. The Balaban J connectivity index is 1.66. The molecule has 30 heavy (non-hydrogen) atoms. The molecule has 2 aromatic carbocycles. The lowest BCUT2D eigenvalue weighted by atomic mass is 10.2. The van der Waals surface area contributed by atoms with Crippen LogP contribution in [0.5, 0.6) is 5.75 Å². The quantitative estimate of drug-likeness (QED) is 0.364. The van der Waals surface area contributed by atoms with Gasteiger partial charge in [0.05, 0.1) is 18.6 Å². The van der Waals surface area contributed by atoms with Crippen molar-refractivity contribution in [2.75, 3.05) is 18.2 Å². The van der Waals surface area contributed by atoms with Crippen molar-refractivity contribution in [2.45, 2.75) is 25.0 Å². The van der Waals surface area contributed by atoms with Gasteiger partial charge in [-0.3, -0.25) is 14.2 Å². The van der Waals surface area contributed by atoms with Gasteiger partial charge in [-0.25, -0.2) is 4.98 Å². The molecule has 154 valence electrons. The minimum atomic E-state index is -0.251. The molecule has 4 aromatic rings. The molecule has 0 bridgehead atoms. The molecule has 1 N–H and O–H groups in total. The topological polar surface area (TPSA) is 86.4 Å². The van der Waals surface area contributed by atoms with E-state index < -0.39 is 0 Å². The van der Waals surface area contributed by atoms with Crippen molar-refractivity contribution in [1.82, 2.24) is 9.55 Å². The van der Waals surface area contributed by atoms with Crippen LogP contribution in [0.15, 0.2) is 62.9 Å². The van der Waals surface area contributed by atoms with Gasteiger partial charge in [0.25, 0.3) is 5.56 Å². The third-order valence-corrected chi connectivity index (χ3v) is 5.58. The van der Waals surface area contributed by atoms with Crippen molar-refractivity contribution in [3.63, 3.8) is 0 Å². The molecule has 0 saturated carbocycles. The van der Waals surface area contributed by atoms with Gasteiger partial charge >= 0.3 is 0 Å². The summed E-state index contributed by atoms with van der Waals surface area (Å²) in [6.07, 6.45) is 0. The van der Waals surface area contributed by atoms with Crippen LogP contribution in [0.25, 0.3) is 22.1 Å². The zero-order chi connectivity index (χ0) is 21.3. The Morgan fingerprint density at radius 2 is 1.93 bits per heavy atom. The number of rotatable bonds is 6. The molecule has 8 heteroatoms. The predicted molar refractivity (Wildman–Crippen MR) is 119 cm³/mol. The summed E-state index contributed by atoms with van der Waals surface area (Å²) < 4.78 is 12.6. The van der Waals surface area contributed by atoms with E-state index in [-0.39, 0.29) is 28.8 Å². The number of thioether (sulfide) groups is 1. The van der Waals surface area contributed by atoms with E-state index in [0.717, 1.165) is 5.39 Å². The Labute approximate surface area is 177 Å². The minimum Gasteiger partial charge on any atom is -0.495 e. The van der Waals surface area contributed by atoms with Crippen molar-refractivity contribution < 1.29 is 13.9 Å². The minimum absolute atomic E-state index is 0.0957. The fourth-order valence-corrected chi connectivity index (χ4v) is 4.18.